The lowest BCUT2D eigenvalue weighted by molar-refractivity contribution is -0.120. The number of methoxy groups -OCH3 is 1. The summed E-state index contributed by atoms with van der Waals surface area (Å²) in [6.45, 7) is 1.81. The second kappa shape index (κ2) is 7.36. The second-order valence-electron chi connectivity index (χ2n) is 4.76. The molecule has 0 aliphatic heterocycles. The van der Waals surface area contributed by atoms with Crippen molar-refractivity contribution in [2.24, 2.45) is 5.10 Å². The molecule has 2 aromatic rings. The topological polar surface area (TPSA) is 50.7 Å². The lowest BCUT2D eigenvalue weighted by atomic mass is 10.1. The van der Waals surface area contributed by atoms with E-state index in [4.69, 9.17) is 4.74 Å². The van der Waals surface area contributed by atoms with Crippen molar-refractivity contribution >= 4 is 11.6 Å². The van der Waals surface area contributed by atoms with E-state index in [1.54, 1.807) is 26.2 Å². The standard InChI is InChI=1S/C17H17FN2O2/c1-12(14-5-9-16(22-2)10-6-14)19-20-17(21)11-13-3-7-15(18)8-4-13/h3-10H,11H2,1-2H3,(H,20,21). The van der Waals surface area contributed by atoms with Crippen LogP contribution < -0.4 is 10.2 Å². The van der Waals surface area contributed by atoms with Crippen LogP contribution >= 0.6 is 0 Å². The third-order valence-electron chi connectivity index (χ3n) is 3.13. The molecule has 0 spiro atoms. The van der Waals surface area contributed by atoms with Crippen LogP contribution in [-0.4, -0.2) is 18.7 Å². The molecule has 5 heteroatoms. The lowest BCUT2D eigenvalue weighted by Gasteiger charge is -2.04. The van der Waals surface area contributed by atoms with Crippen molar-refractivity contribution in [2.75, 3.05) is 7.11 Å². The smallest absolute Gasteiger partial charge is 0.244 e. The number of amides is 1. The van der Waals surface area contributed by atoms with Crippen molar-refractivity contribution < 1.29 is 13.9 Å². The molecular weight excluding hydrogens is 283 g/mol. The average molecular weight is 300 g/mol. The third kappa shape index (κ3) is 4.41. The van der Waals surface area contributed by atoms with Crippen LogP contribution in [-0.2, 0) is 11.2 Å². The Hall–Kier alpha value is -2.69. The SMILES string of the molecule is COc1ccc(C(C)=NNC(=O)Cc2ccc(F)cc2)cc1. The fraction of sp³-hybridized carbons (Fsp3) is 0.176. The van der Waals surface area contributed by atoms with E-state index in [0.29, 0.717) is 5.71 Å². The molecule has 0 radical (unpaired) electrons. The monoisotopic (exact) mass is 300 g/mol. The largest absolute Gasteiger partial charge is 0.497 e. The van der Waals surface area contributed by atoms with Gasteiger partial charge in [0.15, 0.2) is 0 Å². The Morgan fingerprint density at radius 1 is 1.14 bits per heavy atom. The maximum absolute atomic E-state index is 12.8. The van der Waals surface area contributed by atoms with E-state index in [1.165, 1.54) is 12.1 Å². The molecule has 0 aliphatic carbocycles. The number of nitrogens with zero attached hydrogens (tertiary/aromatic N) is 1. The number of hydrogen-bond donors (Lipinski definition) is 1. The molecule has 0 fully saturated rings. The summed E-state index contributed by atoms with van der Waals surface area (Å²) in [5.41, 5.74) is 4.81. The molecule has 2 aromatic carbocycles. The molecule has 0 bridgehead atoms. The van der Waals surface area contributed by atoms with E-state index in [0.717, 1.165) is 16.9 Å². The van der Waals surface area contributed by atoms with Crippen LogP contribution in [0.5, 0.6) is 5.75 Å². The highest BCUT2D eigenvalue weighted by Crippen LogP contribution is 2.11. The Morgan fingerprint density at radius 2 is 1.77 bits per heavy atom. The summed E-state index contributed by atoms with van der Waals surface area (Å²) < 4.78 is 17.9. The van der Waals surface area contributed by atoms with Gasteiger partial charge in [-0.25, -0.2) is 9.82 Å². The summed E-state index contributed by atoms with van der Waals surface area (Å²) in [5.74, 6) is 0.189. The van der Waals surface area contributed by atoms with Crippen LogP contribution in [0.25, 0.3) is 0 Å². The Kier molecular flexibility index (Phi) is 5.25. The number of carbonyl (C=O) groups excluding carboxylic acids is 1. The van der Waals surface area contributed by atoms with Gasteiger partial charge in [-0.1, -0.05) is 12.1 Å². The number of ether oxygens (including phenoxy) is 1. The molecule has 22 heavy (non-hydrogen) atoms. The summed E-state index contributed by atoms with van der Waals surface area (Å²) >= 11 is 0. The number of halogens is 1. The highest BCUT2D eigenvalue weighted by molar-refractivity contribution is 5.99. The predicted octanol–water partition coefficient (Wildman–Crippen LogP) is 2.92. The van der Waals surface area contributed by atoms with Crippen LogP contribution in [0.3, 0.4) is 0 Å². The molecule has 1 N–H and O–H groups in total. The van der Waals surface area contributed by atoms with E-state index in [9.17, 15) is 9.18 Å². The zero-order chi connectivity index (χ0) is 15.9. The van der Waals surface area contributed by atoms with Gasteiger partial charge in [0, 0.05) is 0 Å². The highest BCUT2D eigenvalue weighted by Gasteiger charge is 2.04. The molecule has 0 atom stereocenters. The zero-order valence-electron chi connectivity index (χ0n) is 12.5. The minimum absolute atomic E-state index is 0.152. The summed E-state index contributed by atoms with van der Waals surface area (Å²) in [4.78, 5) is 11.8. The molecule has 0 saturated heterocycles. The van der Waals surface area contributed by atoms with Crippen LogP contribution in [0.4, 0.5) is 4.39 Å². The highest BCUT2D eigenvalue weighted by atomic mass is 19.1. The summed E-state index contributed by atoms with van der Waals surface area (Å²) in [6.07, 6.45) is 0.152. The lowest BCUT2D eigenvalue weighted by Crippen LogP contribution is -2.21. The van der Waals surface area contributed by atoms with Gasteiger partial charge in [-0.05, 0) is 54.4 Å². The number of hydrogen-bond acceptors (Lipinski definition) is 3. The van der Waals surface area contributed by atoms with E-state index in [1.807, 2.05) is 24.3 Å². The van der Waals surface area contributed by atoms with Crippen molar-refractivity contribution in [2.45, 2.75) is 13.3 Å². The fourth-order valence-electron chi connectivity index (χ4n) is 1.87. The van der Waals surface area contributed by atoms with Gasteiger partial charge in [0.25, 0.3) is 0 Å². The molecule has 0 aromatic heterocycles. The first-order chi connectivity index (χ1) is 10.6. The van der Waals surface area contributed by atoms with Crippen LogP contribution in [0.15, 0.2) is 53.6 Å². The first kappa shape index (κ1) is 15.7. The molecule has 4 nitrogen and oxygen atoms in total. The fourth-order valence-corrected chi connectivity index (χ4v) is 1.87. The maximum atomic E-state index is 12.8. The first-order valence-corrected chi connectivity index (χ1v) is 6.80. The van der Waals surface area contributed by atoms with Gasteiger partial charge in [0.1, 0.15) is 11.6 Å². The number of rotatable bonds is 5. The van der Waals surface area contributed by atoms with Gasteiger partial charge in [-0.3, -0.25) is 4.79 Å². The number of carbonyl (C=O) groups is 1. The molecule has 2 rings (SSSR count). The van der Waals surface area contributed by atoms with Crippen molar-refractivity contribution in [3.8, 4) is 5.75 Å². The van der Waals surface area contributed by atoms with Crippen LogP contribution in [0.1, 0.15) is 18.1 Å². The van der Waals surface area contributed by atoms with Gasteiger partial charge in [-0.2, -0.15) is 5.10 Å². The molecule has 0 saturated carbocycles. The van der Waals surface area contributed by atoms with Crippen LogP contribution in [0.2, 0.25) is 0 Å². The second-order valence-corrected chi connectivity index (χ2v) is 4.76. The number of nitrogens with one attached hydrogen (secondary N) is 1. The van der Waals surface area contributed by atoms with Crippen molar-refractivity contribution in [3.05, 3.63) is 65.5 Å². The zero-order valence-corrected chi connectivity index (χ0v) is 12.5. The molecule has 114 valence electrons. The molecular formula is C17H17FN2O2. The minimum atomic E-state index is -0.322. The third-order valence-corrected chi connectivity index (χ3v) is 3.13. The Balaban J connectivity index is 1.94. The Labute approximate surface area is 128 Å². The van der Waals surface area contributed by atoms with Gasteiger partial charge < -0.3 is 4.74 Å². The van der Waals surface area contributed by atoms with Crippen molar-refractivity contribution in [1.29, 1.82) is 0 Å². The summed E-state index contributed by atoms with van der Waals surface area (Å²) in [7, 11) is 1.60. The Bertz CT molecular complexity index is 664. The number of benzene rings is 2. The summed E-state index contributed by atoms with van der Waals surface area (Å²) in [6, 6.07) is 13.2. The molecule has 0 heterocycles. The average Bonchev–Trinajstić information content (AvgIpc) is 2.55. The van der Waals surface area contributed by atoms with Crippen LogP contribution in [0, 0.1) is 5.82 Å². The van der Waals surface area contributed by atoms with Crippen molar-refractivity contribution in [3.63, 3.8) is 0 Å². The van der Waals surface area contributed by atoms with Gasteiger partial charge in [0.2, 0.25) is 5.91 Å². The van der Waals surface area contributed by atoms with Gasteiger partial charge in [-0.15, -0.1) is 0 Å². The van der Waals surface area contributed by atoms with Gasteiger partial charge in [0.05, 0.1) is 19.2 Å². The number of hydrazone groups is 1. The normalized spacial score (nSPS) is 11.1. The quantitative estimate of drug-likeness (QED) is 0.682. The Morgan fingerprint density at radius 3 is 2.36 bits per heavy atom. The van der Waals surface area contributed by atoms with E-state index < -0.39 is 0 Å². The van der Waals surface area contributed by atoms with E-state index in [2.05, 4.69) is 10.5 Å². The molecule has 0 aliphatic rings. The maximum Gasteiger partial charge on any atom is 0.244 e. The minimum Gasteiger partial charge on any atom is -0.497 e. The summed E-state index contributed by atoms with van der Waals surface area (Å²) in [5, 5.41) is 4.07. The first-order valence-electron chi connectivity index (χ1n) is 6.80. The van der Waals surface area contributed by atoms with E-state index >= 15 is 0 Å². The predicted molar refractivity (Wildman–Crippen MR) is 83.5 cm³/mol. The van der Waals surface area contributed by atoms with E-state index in [-0.39, 0.29) is 18.1 Å². The molecule has 1 amide bonds. The van der Waals surface area contributed by atoms with Gasteiger partial charge >= 0.3 is 0 Å². The molecule has 0 unspecified atom stereocenters. The van der Waals surface area contributed by atoms with Crippen molar-refractivity contribution in [1.82, 2.24) is 5.43 Å².